The summed E-state index contributed by atoms with van der Waals surface area (Å²) in [7, 11) is 3.26. The highest BCUT2D eigenvalue weighted by Gasteiger charge is 2.71. The molecule has 2 heterocycles. The minimum absolute atomic E-state index is 0.00200. The number of likely N-dealkylation sites (tertiary alicyclic amines) is 1. The number of carboxylic acid groups (broad SMARTS) is 1. The second-order valence-corrected chi connectivity index (χ2v) is 15.6. The fraction of sp³-hybridized carbons (Fsp3) is 0.455. The first kappa shape index (κ1) is 30.3. The van der Waals surface area contributed by atoms with Gasteiger partial charge < -0.3 is 24.4 Å². The Bertz CT molecular complexity index is 1800. The van der Waals surface area contributed by atoms with Crippen LogP contribution < -0.4 is 9.62 Å². The Morgan fingerprint density at radius 3 is 2.71 bits per heavy atom. The fourth-order valence-corrected chi connectivity index (χ4v) is 11.4. The molecule has 5 aliphatic rings. The van der Waals surface area contributed by atoms with E-state index >= 15 is 0 Å². The molecule has 2 bridgehead atoms. The van der Waals surface area contributed by atoms with E-state index in [-0.39, 0.29) is 40.2 Å². The Morgan fingerprint density at radius 2 is 1.98 bits per heavy atom. The number of ketones is 1. The van der Waals surface area contributed by atoms with E-state index < -0.39 is 33.6 Å². The number of thioether (sulfide) groups is 1. The van der Waals surface area contributed by atoms with Crippen LogP contribution in [0, 0.1) is 23.2 Å². The molecule has 2 aliphatic heterocycles. The average molecular weight is 652 g/mol. The predicted molar refractivity (Wildman–Crippen MR) is 172 cm³/mol. The Balaban J connectivity index is 1.19. The van der Waals surface area contributed by atoms with Crippen molar-refractivity contribution in [2.75, 3.05) is 45.5 Å². The van der Waals surface area contributed by atoms with E-state index in [2.05, 4.69) is 22.7 Å². The summed E-state index contributed by atoms with van der Waals surface area (Å²) >= 11 is 1.27. The summed E-state index contributed by atoms with van der Waals surface area (Å²) in [6.45, 7) is 0.826. The third-order valence-electron chi connectivity index (χ3n) is 10.4. The van der Waals surface area contributed by atoms with Gasteiger partial charge in [0.25, 0.3) is 0 Å². The molecule has 7 rings (SSSR count). The smallest absolute Gasteiger partial charge is 0.322 e. The zero-order valence-corrected chi connectivity index (χ0v) is 27.2. The number of benzene rings is 2. The molecule has 45 heavy (non-hydrogen) atoms. The minimum Gasteiger partial charge on any atom is -0.493 e. The van der Waals surface area contributed by atoms with Crippen molar-refractivity contribution in [2.45, 2.75) is 35.9 Å². The number of carboxylic acids is 1. The molecular weight excluding hydrogens is 615 g/mol. The second kappa shape index (κ2) is 10.9. The van der Waals surface area contributed by atoms with Crippen LogP contribution in [-0.4, -0.2) is 88.9 Å². The van der Waals surface area contributed by atoms with Crippen LogP contribution in [0.1, 0.15) is 12.8 Å². The van der Waals surface area contributed by atoms with Crippen molar-refractivity contribution in [1.82, 2.24) is 9.62 Å². The Hall–Kier alpha value is -3.32. The molecule has 0 radical (unpaired) electrons. The van der Waals surface area contributed by atoms with E-state index in [1.807, 2.05) is 37.2 Å². The molecule has 0 aromatic heterocycles. The number of aliphatic carboxylic acids is 1. The van der Waals surface area contributed by atoms with Crippen molar-refractivity contribution in [3.8, 4) is 0 Å². The first-order chi connectivity index (χ1) is 21.5. The molecule has 2 aromatic carbocycles. The van der Waals surface area contributed by atoms with Crippen LogP contribution in [0.25, 0.3) is 10.8 Å². The number of allylic oxidation sites excluding steroid dienone is 3. The molecular formula is C33H37N3O7S2. The van der Waals surface area contributed by atoms with E-state index in [4.69, 9.17) is 9.47 Å². The molecule has 238 valence electrons. The Labute approximate surface area is 267 Å². The second-order valence-electron chi connectivity index (χ2n) is 12.8. The number of carbonyl (C=O) groups excluding carboxylic acids is 1. The van der Waals surface area contributed by atoms with Crippen LogP contribution in [-0.2, 0) is 29.1 Å². The third kappa shape index (κ3) is 4.55. The topological polar surface area (TPSA) is 125 Å². The number of hydrogen-bond acceptors (Lipinski definition) is 9. The van der Waals surface area contributed by atoms with Crippen molar-refractivity contribution >= 4 is 50.0 Å². The Morgan fingerprint density at radius 1 is 1.22 bits per heavy atom. The van der Waals surface area contributed by atoms with Crippen molar-refractivity contribution < 1.29 is 32.6 Å². The summed E-state index contributed by atoms with van der Waals surface area (Å²) in [6, 6.07) is 9.13. The first-order valence-corrected chi connectivity index (χ1v) is 17.6. The number of rotatable bonds is 9. The van der Waals surface area contributed by atoms with Gasteiger partial charge in [-0.15, -0.1) is 11.8 Å². The van der Waals surface area contributed by atoms with Gasteiger partial charge in [0.2, 0.25) is 10.0 Å². The highest BCUT2D eigenvalue weighted by Crippen LogP contribution is 2.68. The molecule has 12 heteroatoms. The SMILES string of the molecule is COC1=C2O[C@H]3C(=O)C=C(SC[C@H](NS(=O)(=O)c4cccc5c(N(C)C)cccc45)C(=O)O)[C@H]4[C@H]5CC(C=C1)C2[C@@]34CCN5C. The number of hydrogen-bond donors (Lipinski definition) is 2. The first-order valence-electron chi connectivity index (χ1n) is 15.1. The van der Waals surface area contributed by atoms with Gasteiger partial charge in [0.05, 0.1) is 12.0 Å². The molecule has 2 N–H and O–H groups in total. The van der Waals surface area contributed by atoms with Gasteiger partial charge in [-0.1, -0.05) is 30.3 Å². The molecule has 2 unspecified atom stereocenters. The molecule has 7 atom stereocenters. The van der Waals surface area contributed by atoms with E-state index in [9.17, 15) is 23.1 Å². The fourth-order valence-electron chi connectivity index (χ4n) is 8.54. The number of nitrogens with one attached hydrogen (secondary N) is 1. The van der Waals surface area contributed by atoms with E-state index in [0.717, 1.165) is 41.1 Å². The lowest BCUT2D eigenvalue weighted by Gasteiger charge is -2.60. The van der Waals surface area contributed by atoms with Gasteiger partial charge in [-0.25, -0.2) is 8.42 Å². The van der Waals surface area contributed by atoms with Gasteiger partial charge in [0, 0.05) is 59.6 Å². The summed E-state index contributed by atoms with van der Waals surface area (Å²) in [5.41, 5.74) is 0.385. The van der Waals surface area contributed by atoms with Gasteiger partial charge >= 0.3 is 5.97 Å². The quantitative estimate of drug-likeness (QED) is 0.416. The van der Waals surface area contributed by atoms with Crippen LogP contribution in [0.4, 0.5) is 5.69 Å². The highest BCUT2D eigenvalue weighted by molar-refractivity contribution is 8.03. The average Bonchev–Trinajstić information content (AvgIpc) is 3.36. The molecule has 3 aliphatic carbocycles. The van der Waals surface area contributed by atoms with Crippen LogP contribution in [0.15, 0.2) is 75.9 Å². The van der Waals surface area contributed by atoms with Gasteiger partial charge in [-0.05, 0) is 61.5 Å². The largest absolute Gasteiger partial charge is 0.493 e. The summed E-state index contributed by atoms with van der Waals surface area (Å²) in [5.74, 6) is 0.0719. The molecule has 1 saturated carbocycles. The molecule has 2 saturated heterocycles. The lowest BCUT2D eigenvalue weighted by atomic mass is 9.48. The molecule has 10 nitrogen and oxygen atoms in total. The maximum absolute atomic E-state index is 13.7. The van der Waals surface area contributed by atoms with Crippen molar-refractivity contribution in [3.63, 3.8) is 0 Å². The number of anilines is 1. The summed E-state index contributed by atoms with van der Waals surface area (Å²) in [6.07, 6.45) is 6.76. The van der Waals surface area contributed by atoms with Gasteiger partial charge in [-0.2, -0.15) is 4.72 Å². The molecule has 3 fully saturated rings. The van der Waals surface area contributed by atoms with E-state index in [1.54, 1.807) is 31.4 Å². The van der Waals surface area contributed by atoms with Gasteiger partial charge in [0.1, 0.15) is 11.8 Å². The monoisotopic (exact) mass is 651 g/mol. The van der Waals surface area contributed by atoms with Crippen LogP contribution >= 0.6 is 11.8 Å². The minimum atomic E-state index is -4.22. The summed E-state index contributed by atoms with van der Waals surface area (Å²) in [5, 5.41) is 11.5. The number of nitrogens with zero attached hydrogens (tertiary/aromatic N) is 2. The van der Waals surface area contributed by atoms with Gasteiger partial charge in [0.15, 0.2) is 17.6 Å². The zero-order valence-electron chi connectivity index (χ0n) is 25.6. The highest BCUT2D eigenvalue weighted by atomic mass is 32.2. The summed E-state index contributed by atoms with van der Waals surface area (Å²) in [4.78, 5) is 31.3. The van der Waals surface area contributed by atoms with E-state index in [1.165, 1.54) is 17.8 Å². The third-order valence-corrected chi connectivity index (χ3v) is 13.1. The zero-order chi connectivity index (χ0) is 31.8. The van der Waals surface area contributed by atoms with Crippen LogP contribution in [0.3, 0.4) is 0 Å². The number of sulfonamides is 1. The molecule has 1 spiro atoms. The lowest BCUT2D eigenvalue weighted by molar-refractivity contribution is -0.141. The summed E-state index contributed by atoms with van der Waals surface area (Å²) < 4.78 is 42.0. The maximum Gasteiger partial charge on any atom is 0.322 e. The predicted octanol–water partition coefficient (Wildman–Crippen LogP) is 3.61. The molecule has 0 amide bonds. The van der Waals surface area contributed by atoms with E-state index in [0.29, 0.717) is 11.1 Å². The standard InChI is InChI=1S/C33H37N3O7S2/c1-35(2)22-9-5-8-20-19(22)7-6-10-27(20)45(40,41)34-21(32(38)39)17-44-26-16-24(37)31-33-13-14-36(3)23(29(26)33)15-18-11-12-25(42-4)30(43-31)28(18)33/h5-12,16,18,21,23,28-29,31,34H,13-15,17H2,1-4H3,(H,38,39)/t18?,21-,23+,28?,29+,31-,33+/m0/s1. The lowest BCUT2D eigenvalue weighted by Crippen LogP contribution is -2.65. The Kier molecular flexibility index (Phi) is 7.34. The van der Waals surface area contributed by atoms with Crippen molar-refractivity contribution in [1.29, 1.82) is 0 Å². The van der Waals surface area contributed by atoms with Crippen LogP contribution in [0.2, 0.25) is 0 Å². The number of methoxy groups -OCH3 is 1. The number of piperidine rings is 1. The number of ether oxygens (including phenoxy) is 2. The number of carbonyl (C=O) groups is 2. The van der Waals surface area contributed by atoms with Crippen molar-refractivity contribution in [3.05, 3.63) is 71.0 Å². The normalized spacial score (nSPS) is 30.9. The van der Waals surface area contributed by atoms with Gasteiger partial charge in [-0.3, -0.25) is 9.59 Å². The van der Waals surface area contributed by atoms with Crippen molar-refractivity contribution in [2.24, 2.45) is 23.2 Å². The molecule has 2 aromatic rings. The maximum atomic E-state index is 13.7. The van der Waals surface area contributed by atoms with Crippen LogP contribution in [0.5, 0.6) is 0 Å². The number of fused-ring (bicyclic) bond motifs is 1.